The number of rotatable bonds is 6. The Morgan fingerprint density at radius 1 is 0.920 bits per heavy atom. The predicted octanol–water partition coefficient (Wildman–Crippen LogP) is 2.78. The smallest absolute Gasteiger partial charge is 0.234 e. The largest absolute Gasteiger partial charge is 0.326 e. The summed E-state index contributed by atoms with van der Waals surface area (Å²) in [5, 5.41) is 5.39. The number of hydrogen-bond acceptors (Lipinski definition) is 5. The van der Waals surface area contributed by atoms with Crippen LogP contribution in [0.15, 0.2) is 58.3 Å². The number of hydrogen-bond donors (Lipinski definition) is 2. The molecule has 2 N–H and O–H groups in total. The second kappa shape index (κ2) is 8.17. The zero-order valence-electron chi connectivity index (χ0n) is 13.8. The van der Waals surface area contributed by atoms with Crippen molar-refractivity contribution in [3.63, 3.8) is 0 Å². The SMILES string of the molecule is CC(=O)Nc1ccc(SCC(=O)Nc2ccc(S(C)(=O)=O)cc2)cc1. The molecule has 132 valence electrons. The van der Waals surface area contributed by atoms with E-state index >= 15 is 0 Å². The number of thioether (sulfide) groups is 1. The van der Waals surface area contributed by atoms with Gasteiger partial charge in [0, 0.05) is 29.4 Å². The Labute approximate surface area is 150 Å². The first kappa shape index (κ1) is 19.0. The third kappa shape index (κ3) is 6.24. The number of amides is 2. The normalized spacial score (nSPS) is 11.0. The van der Waals surface area contributed by atoms with Crippen molar-refractivity contribution in [2.45, 2.75) is 16.7 Å². The molecule has 0 unspecified atom stereocenters. The van der Waals surface area contributed by atoms with Crippen LogP contribution in [-0.2, 0) is 19.4 Å². The number of carbonyl (C=O) groups excluding carboxylic acids is 2. The van der Waals surface area contributed by atoms with Crippen LogP contribution in [-0.4, -0.2) is 32.2 Å². The molecule has 25 heavy (non-hydrogen) atoms. The lowest BCUT2D eigenvalue weighted by atomic mass is 10.3. The molecule has 0 aliphatic carbocycles. The predicted molar refractivity (Wildman–Crippen MR) is 99.7 cm³/mol. The maximum absolute atomic E-state index is 12.0. The molecule has 0 aromatic heterocycles. The Morgan fingerprint density at radius 3 is 1.96 bits per heavy atom. The standard InChI is InChI=1S/C17H18N2O4S2/c1-12(20)18-13-3-7-15(8-4-13)24-11-17(21)19-14-5-9-16(10-6-14)25(2,22)23/h3-10H,11H2,1-2H3,(H,18,20)(H,19,21). The van der Waals surface area contributed by atoms with Crippen molar-refractivity contribution < 1.29 is 18.0 Å². The van der Waals surface area contributed by atoms with E-state index in [0.717, 1.165) is 11.2 Å². The molecule has 2 rings (SSSR count). The average molecular weight is 378 g/mol. The fraction of sp³-hybridized carbons (Fsp3) is 0.176. The Morgan fingerprint density at radius 2 is 1.44 bits per heavy atom. The first-order valence-corrected chi connectivity index (χ1v) is 10.2. The highest BCUT2D eigenvalue weighted by Gasteiger charge is 2.08. The molecular weight excluding hydrogens is 360 g/mol. The third-order valence-corrected chi connectivity index (χ3v) is 5.25. The molecule has 0 saturated heterocycles. The number of carbonyl (C=O) groups is 2. The summed E-state index contributed by atoms with van der Waals surface area (Å²) in [6.07, 6.45) is 1.13. The molecule has 0 saturated carbocycles. The quantitative estimate of drug-likeness (QED) is 0.754. The summed E-state index contributed by atoms with van der Waals surface area (Å²) < 4.78 is 22.8. The fourth-order valence-electron chi connectivity index (χ4n) is 1.97. The molecule has 0 bridgehead atoms. The van der Waals surface area contributed by atoms with Gasteiger partial charge in [0.05, 0.1) is 10.6 Å². The Hall–Kier alpha value is -2.32. The van der Waals surface area contributed by atoms with E-state index in [2.05, 4.69) is 10.6 Å². The summed E-state index contributed by atoms with van der Waals surface area (Å²) in [7, 11) is -3.25. The third-order valence-electron chi connectivity index (χ3n) is 3.11. The molecule has 0 fully saturated rings. The van der Waals surface area contributed by atoms with Gasteiger partial charge in [0.2, 0.25) is 11.8 Å². The van der Waals surface area contributed by atoms with E-state index in [1.165, 1.54) is 30.8 Å². The lowest BCUT2D eigenvalue weighted by molar-refractivity contribution is -0.114. The van der Waals surface area contributed by atoms with Crippen molar-refractivity contribution in [1.82, 2.24) is 0 Å². The Balaban J connectivity index is 1.87. The van der Waals surface area contributed by atoms with Crippen LogP contribution < -0.4 is 10.6 Å². The summed E-state index contributed by atoms with van der Waals surface area (Å²) in [5.74, 6) is -0.113. The second-order valence-electron chi connectivity index (χ2n) is 5.34. The van der Waals surface area contributed by atoms with Gasteiger partial charge in [-0.2, -0.15) is 0 Å². The topological polar surface area (TPSA) is 92.3 Å². The molecule has 2 aromatic rings. The zero-order chi connectivity index (χ0) is 18.4. The van der Waals surface area contributed by atoms with Crippen molar-refractivity contribution in [3.05, 3.63) is 48.5 Å². The Kier molecular flexibility index (Phi) is 6.22. The van der Waals surface area contributed by atoms with Crippen LogP contribution in [0.5, 0.6) is 0 Å². The number of sulfone groups is 1. The van der Waals surface area contributed by atoms with Gasteiger partial charge in [0.15, 0.2) is 9.84 Å². The van der Waals surface area contributed by atoms with Gasteiger partial charge in [-0.15, -0.1) is 11.8 Å². The molecule has 0 spiro atoms. The molecule has 0 heterocycles. The van der Waals surface area contributed by atoms with E-state index < -0.39 is 9.84 Å². The van der Waals surface area contributed by atoms with Gasteiger partial charge >= 0.3 is 0 Å². The molecule has 0 atom stereocenters. The highest BCUT2D eigenvalue weighted by molar-refractivity contribution is 8.00. The first-order chi connectivity index (χ1) is 11.7. The maximum atomic E-state index is 12.0. The van der Waals surface area contributed by atoms with Crippen LogP contribution >= 0.6 is 11.8 Å². The highest BCUT2D eigenvalue weighted by Crippen LogP contribution is 2.21. The van der Waals surface area contributed by atoms with E-state index in [-0.39, 0.29) is 22.5 Å². The van der Waals surface area contributed by atoms with E-state index in [4.69, 9.17) is 0 Å². The molecule has 2 aromatic carbocycles. The molecule has 0 radical (unpaired) electrons. The van der Waals surface area contributed by atoms with Crippen molar-refractivity contribution in [1.29, 1.82) is 0 Å². The summed E-state index contributed by atoms with van der Waals surface area (Å²) in [5.41, 5.74) is 1.24. The summed E-state index contributed by atoms with van der Waals surface area (Å²) in [4.78, 5) is 24.0. The van der Waals surface area contributed by atoms with Crippen LogP contribution in [0.25, 0.3) is 0 Å². The Bertz CT molecular complexity index is 861. The van der Waals surface area contributed by atoms with Crippen LogP contribution in [0.3, 0.4) is 0 Å². The van der Waals surface area contributed by atoms with Gasteiger partial charge in [-0.3, -0.25) is 9.59 Å². The molecule has 6 nitrogen and oxygen atoms in total. The number of anilines is 2. The lowest BCUT2D eigenvalue weighted by Gasteiger charge is -2.07. The van der Waals surface area contributed by atoms with E-state index in [1.54, 1.807) is 24.3 Å². The van der Waals surface area contributed by atoms with Gasteiger partial charge in [-0.05, 0) is 48.5 Å². The molecular formula is C17H18N2O4S2. The van der Waals surface area contributed by atoms with Gasteiger partial charge in [-0.1, -0.05) is 0 Å². The minimum absolute atomic E-state index is 0.137. The molecule has 2 amide bonds. The van der Waals surface area contributed by atoms with E-state index in [0.29, 0.717) is 11.4 Å². The monoisotopic (exact) mass is 378 g/mol. The molecule has 0 aliphatic heterocycles. The van der Waals surface area contributed by atoms with E-state index in [1.807, 2.05) is 12.1 Å². The molecule has 0 aliphatic rings. The van der Waals surface area contributed by atoms with E-state index in [9.17, 15) is 18.0 Å². The average Bonchev–Trinajstić information content (AvgIpc) is 2.53. The zero-order valence-corrected chi connectivity index (χ0v) is 15.4. The molecule has 8 heteroatoms. The summed E-state index contributed by atoms with van der Waals surface area (Å²) in [6, 6.07) is 13.2. The minimum atomic E-state index is -3.25. The van der Waals surface area contributed by atoms with Gasteiger partial charge < -0.3 is 10.6 Å². The summed E-state index contributed by atoms with van der Waals surface area (Å²) in [6.45, 7) is 1.44. The fourth-order valence-corrected chi connectivity index (χ4v) is 3.30. The van der Waals surface area contributed by atoms with Crippen molar-refractivity contribution in [2.75, 3.05) is 22.6 Å². The summed E-state index contributed by atoms with van der Waals surface area (Å²) >= 11 is 1.36. The van der Waals surface area contributed by atoms with Crippen LogP contribution in [0.1, 0.15) is 6.92 Å². The van der Waals surface area contributed by atoms with Crippen LogP contribution in [0.2, 0.25) is 0 Å². The van der Waals surface area contributed by atoms with Crippen molar-refractivity contribution in [2.24, 2.45) is 0 Å². The van der Waals surface area contributed by atoms with Gasteiger partial charge in [0.1, 0.15) is 0 Å². The van der Waals surface area contributed by atoms with Crippen LogP contribution in [0.4, 0.5) is 11.4 Å². The number of benzene rings is 2. The lowest BCUT2D eigenvalue weighted by Crippen LogP contribution is -2.14. The van der Waals surface area contributed by atoms with Crippen molar-refractivity contribution in [3.8, 4) is 0 Å². The second-order valence-corrected chi connectivity index (χ2v) is 8.40. The van der Waals surface area contributed by atoms with Gasteiger partial charge in [-0.25, -0.2) is 8.42 Å². The minimum Gasteiger partial charge on any atom is -0.326 e. The van der Waals surface area contributed by atoms with Crippen LogP contribution in [0, 0.1) is 0 Å². The first-order valence-electron chi connectivity index (χ1n) is 7.34. The highest BCUT2D eigenvalue weighted by atomic mass is 32.2. The van der Waals surface area contributed by atoms with Gasteiger partial charge in [0.25, 0.3) is 0 Å². The maximum Gasteiger partial charge on any atom is 0.234 e. The number of nitrogens with one attached hydrogen (secondary N) is 2. The van der Waals surface area contributed by atoms with Crippen molar-refractivity contribution >= 4 is 44.8 Å².